The summed E-state index contributed by atoms with van der Waals surface area (Å²) in [6.07, 6.45) is 2.24. The number of rotatable bonds is 5. The predicted octanol–water partition coefficient (Wildman–Crippen LogP) is 5.84. The minimum atomic E-state index is 0.299. The number of aromatic nitrogens is 1. The molecule has 0 atom stereocenters. The Bertz CT molecular complexity index is 1180. The highest BCUT2D eigenvalue weighted by Crippen LogP contribution is 2.37. The summed E-state index contributed by atoms with van der Waals surface area (Å²) in [6.45, 7) is 9.22. The van der Waals surface area contributed by atoms with Crippen LogP contribution in [0.2, 0.25) is 0 Å². The number of hydrogen-bond donors (Lipinski definition) is 0. The third-order valence-electron chi connectivity index (χ3n) is 5.71. The number of amidine groups is 1. The first kappa shape index (κ1) is 20.2. The molecule has 5 rings (SSSR count). The largest absolute Gasteiger partial charge is 0.454 e. The van der Waals surface area contributed by atoms with Crippen LogP contribution in [0.1, 0.15) is 42.0 Å². The molecule has 0 radical (unpaired) electrons. The molecular weight excluding hydrogens is 406 g/mol. The van der Waals surface area contributed by atoms with Gasteiger partial charge in [-0.15, -0.1) is 0 Å². The van der Waals surface area contributed by atoms with Gasteiger partial charge < -0.3 is 14.4 Å². The standard InChI is InChI=1S/C25H27N3O2S/c1-4-5-8-26-25-28(13-18-6-7-22-23(11-18)30-15-29-22)14-19-12-20-17(3)9-16(2)10-21(20)27-24(19)31-25/h6-7,9-12H,4-5,8,13-15H2,1-3H3. The van der Waals surface area contributed by atoms with E-state index in [1.165, 1.54) is 27.6 Å². The van der Waals surface area contributed by atoms with E-state index in [1.807, 2.05) is 6.07 Å². The molecule has 0 fully saturated rings. The van der Waals surface area contributed by atoms with Gasteiger partial charge in [-0.05, 0) is 73.0 Å². The quantitative estimate of drug-likeness (QED) is 0.473. The van der Waals surface area contributed by atoms with Crippen molar-refractivity contribution in [2.45, 2.75) is 51.7 Å². The predicted molar refractivity (Wildman–Crippen MR) is 126 cm³/mol. The van der Waals surface area contributed by atoms with Crippen LogP contribution in [0.4, 0.5) is 0 Å². The molecule has 0 N–H and O–H groups in total. The van der Waals surface area contributed by atoms with E-state index in [-0.39, 0.29) is 0 Å². The van der Waals surface area contributed by atoms with Crippen LogP contribution >= 0.6 is 11.8 Å². The number of aliphatic imine (C=N–C) groups is 1. The molecule has 1 aromatic heterocycles. The van der Waals surface area contributed by atoms with Crippen molar-refractivity contribution < 1.29 is 9.47 Å². The van der Waals surface area contributed by atoms with E-state index in [9.17, 15) is 0 Å². The van der Waals surface area contributed by atoms with E-state index in [0.29, 0.717) is 6.79 Å². The van der Waals surface area contributed by atoms with Crippen molar-refractivity contribution in [3.8, 4) is 11.5 Å². The lowest BCUT2D eigenvalue weighted by Crippen LogP contribution is -2.32. The van der Waals surface area contributed by atoms with Crippen LogP contribution in [-0.4, -0.2) is 28.4 Å². The molecule has 0 unspecified atom stereocenters. The second-order valence-corrected chi connectivity index (χ2v) is 9.22. The zero-order valence-corrected chi connectivity index (χ0v) is 19.1. The van der Waals surface area contributed by atoms with Crippen molar-refractivity contribution in [1.82, 2.24) is 9.88 Å². The van der Waals surface area contributed by atoms with Gasteiger partial charge >= 0.3 is 0 Å². The van der Waals surface area contributed by atoms with Gasteiger partial charge in [-0.2, -0.15) is 0 Å². The summed E-state index contributed by atoms with van der Waals surface area (Å²) in [4.78, 5) is 12.3. The number of unbranched alkanes of at least 4 members (excludes halogenated alkanes) is 1. The number of aryl methyl sites for hydroxylation is 2. The second kappa shape index (κ2) is 8.42. The summed E-state index contributed by atoms with van der Waals surface area (Å²) in [5.41, 5.74) is 6.05. The van der Waals surface area contributed by atoms with E-state index in [2.05, 4.69) is 56.0 Å². The van der Waals surface area contributed by atoms with Crippen molar-refractivity contribution in [1.29, 1.82) is 0 Å². The summed E-state index contributed by atoms with van der Waals surface area (Å²) >= 11 is 1.70. The number of thioether (sulfide) groups is 1. The molecule has 0 amide bonds. The van der Waals surface area contributed by atoms with Crippen molar-refractivity contribution in [2.75, 3.05) is 13.3 Å². The van der Waals surface area contributed by atoms with Gasteiger partial charge in [0.1, 0.15) is 5.03 Å². The van der Waals surface area contributed by atoms with Gasteiger partial charge in [-0.1, -0.05) is 25.5 Å². The van der Waals surface area contributed by atoms with Gasteiger partial charge in [-0.3, -0.25) is 4.99 Å². The maximum atomic E-state index is 5.58. The Morgan fingerprint density at radius 1 is 1.10 bits per heavy atom. The Hall–Kier alpha value is -2.73. The number of ether oxygens (including phenoxy) is 2. The zero-order chi connectivity index (χ0) is 21.4. The molecule has 2 aromatic carbocycles. The number of benzene rings is 2. The van der Waals surface area contributed by atoms with Crippen LogP contribution in [-0.2, 0) is 13.1 Å². The fourth-order valence-corrected chi connectivity index (χ4v) is 5.11. The molecule has 6 heteroatoms. The number of nitrogens with zero attached hydrogens (tertiary/aromatic N) is 3. The van der Waals surface area contributed by atoms with E-state index in [1.54, 1.807) is 11.8 Å². The van der Waals surface area contributed by atoms with Crippen LogP contribution in [0.5, 0.6) is 11.5 Å². The first-order valence-corrected chi connectivity index (χ1v) is 11.7. The van der Waals surface area contributed by atoms with Crippen LogP contribution in [0.15, 0.2) is 46.4 Å². The Labute approximate surface area is 187 Å². The van der Waals surface area contributed by atoms with Crippen molar-refractivity contribution in [2.24, 2.45) is 4.99 Å². The maximum Gasteiger partial charge on any atom is 0.231 e. The molecular formula is C25H27N3O2S. The summed E-state index contributed by atoms with van der Waals surface area (Å²) in [5.74, 6) is 1.64. The van der Waals surface area contributed by atoms with Crippen molar-refractivity contribution in [3.63, 3.8) is 0 Å². The highest BCUT2D eigenvalue weighted by molar-refractivity contribution is 8.13. The molecule has 3 heterocycles. The highest BCUT2D eigenvalue weighted by atomic mass is 32.2. The summed E-state index contributed by atoms with van der Waals surface area (Å²) in [5, 5.41) is 3.36. The fraction of sp³-hybridized carbons (Fsp3) is 0.360. The average Bonchev–Trinajstić information content (AvgIpc) is 3.21. The van der Waals surface area contributed by atoms with Crippen LogP contribution < -0.4 is 9.47 Å². The first-order valence-electron chi connectivity index (χ1n) is 10.9. The van der Waals surface area contributed by atoms with Gasteiger partial charge in [0.05, 0.1) is 5.52 Å². The van der Waals surface area contributed by atoms with E-state index in [4.69, 9.17) is 19.5 Å². The summed E-state index contributed by atoms with van der Waals surface area (Å²) < 4.78 is 11.0. The molecule has 3 aromatic rings. The maximum absolute atomic E-state index is 5.58. The average molecular weight is 434 g/mol. The Morgan fingerprint density at radius 2 is 1.97 bits per heavy atom. The van der Waals surface area contributed by atoms with Crippen LogP contribution in [0, 0.1) is 13.8 Å². The zero-order valence-electron chi connectivity index (χ0n) is 18.3. The Balaban J connectivity index is 1.49. The lowest BCUT2D eigenvalue weighted by molar-refractivity contribution is 0.174. The van der Waals surface area contributed by atoms with Gasteiger partial charge in [-0.25, -0.2) is 4.98 Å². The lowest BCUT2D eigenvalue weighted by Gasteiger charge is -2.31. The minimum absolute atomic E-state index is 0.299. The summed E-state index contributed by atoms with van der Waals surface area (Å²) in [6, 6.07) is 12.9. The van der Waals surface area contributed by atoms with Gasteiger partial charge in [0.25, 0.3) is 0 Å². The van der Waals surface area contributed by atoms with Crippen molar-refractivity contribution >= 4 is 27.8 Å². The van der Waals surface area contributed by atoms with Crippen LogP contribution in [0.25, 0.3) is 10.9 Å². The van der Waals surface area contributed by atoms with Crippen molar-refractivity contribution in [3.05, 3.63) is 58.7 Å². The molecule has 0 spiro atoms. The molecule has 0 bridgehead atoms. The molecule has 5 nitrogen and oxygen atoms in total. The van der Waals surface area contributed by atoms with E-state index < -0.39 is 0 Å². The molecule has 2 aliphatic rings. The smallest absolute Gasteiger partial charge is 0.231 e. The van der Waals surface area contributed by atoms with E-state index >= 15 is 0 Å². The first-order chi connectivity index (χ1) is 15.1. The third-order valence-corrected chi connectivity index (χ3v) is 6.83. The Kier molecular flexibility index (Phi) is 5.48. The van der Waals surface area contributed by atoms with Gasteiger partial charge in [0.2, 0.25) is 6.79 Å². The van der Waals surface area contributed by atoms with Gasteiger partial charge in [0, 0.05) is 30.6 Å². The molecule has 31 heavy (non-hydrogen) atoms. The van der Waals surface area contributed by atoms with E-state index in [0.717, 1.165) is 59.7 Å². The fourth-order valence-electron chi connectivity index (χ4n) is 4.13. The summed E-state index contributed by atoms with van der Waals surface area (Å²) in [7, 11) is 0. The molecule has 0 saturated carbocycles. The third kappa shape index (κ3) is 4.09. The normalized spacial score (nSPS) is 16.2. The van der Waals surface area contributed by atoms with Crippen LogP contribution in [0.3, 0.4) is 0 Å². The van der Waals surface area contributed by atoms with Gasteiger partial charge in [0.15, 0.2) is 16.7 Å². The number of fused-ring (bicyclic) bond motifs is 3. The second-order valence-electron chi connectivity index (χ2n) is 8.26. The SMILES string of the molecule is CCCCN=C1Sc2nc3cc(C)cc(C)c3cc2CN1Cc1ccc2c(c1)OCO2. The molecule has 160 valence electrons. The molecule has 0 saturated heterocycles. The lowest BCUT2D eigenvalue weighted by atomic mass is 10.0. The minimum Gasteiger partial charge on any atom is -0.454 e. The Morgan fingerprint density at radius 3 is 2.84 bits per heavy atom. The number of hydrogen-bond acceptors (Lipinski definition) is 5. The topological polar surface area (TPSA) is 47.0 Å². The molecule has 0 aliphatic carbocycles. The molecule has 2 aliphatic heterocycles. The number of pyridine rings is 1. The monoisotopic (exact) mass is 433 g/mol. The highest BCUT2D eigenvalue weighted by Gasteiger charge is 2.25.